The number of hydrogen-bond acceptors (Lipinski definition) is 5. The first-order chi connectivity index (χ1) is 19.0. The standard InChI is InChI=1S/C32H26BrNO4S/c1-3-7-24-16-22(17-28(37-2)30(24)38-20-21-12-14-26(33)15-13-21)18-29-31(35)34(32(36)39-29)19-25-10-6-9-23-8-4-5-11-27(23)25/h3-6,8-18H,1,7,19-20H2,2H3/b29-18-. The summed E-state index contributed by atoms with van der Waals surface area (Å²) in [7, 11) is 1.58. The zero-order valence-electron chi connectivity index (χ0n) is 21.4. The lowest BCUT2D eigenvalue weighted by atomic mass is 10.0. The van der Waals surface area contributed by atoms with E-state index in [4.69, 9.17) is 9.47 Å². The Morgan fingerprint density at radius 1 is 0.974 bits per heavy atom. The second-order valence-electron chi connectivity index (χ2n) is 9.03. The number of benzene rings is 4. The van der Waals surface area contributed by atoms with Gasteiger partial charge < -0.3 is 9.47 Å². The zero-order chi connectivity index (χ0) is 27.4. The number of hydrogen-bond donors (Lipinski definition) is 0. The Hall–Kier alpha value is -3.81. The molecule has 0 bridgehead atoms. The van der Waals surface area contributed by atoms with Crippen LogP contribution in [0.25, 0.3) is 16.8 Å². The van der Waals surface area contributed by atoms with Gasteiger partial charge in [0.15, 0.2) is 11.5 Å². The number of thioether (sulfide) groups is 1. The minimum absolute atomic E-state index is 0.219. The number of rotatable bonds is 9. The van der Waals surface area contributed by atoms with Crippen molar-refractivity contribution in [2.45, 2.75) is 19.6 Å². The highest BCUT2D eigenvalue weighted by atomic mass is 79.9. The molecule has 0 aromatic heterocycles. The van der Waals surface area contributed by atoms with Gasteiger partial charge in [0, 0.05) is 10.0 Å². The quantitative estimate of drug-likeness (QED) is 0.143. The monoisotopic (exact) mass is 599 g/mol. The molecule has 1 saturated heterocycles. The van der Waals surface area contributed by atoms with Crippen molar-refractivity contribution in [3.05, 3.63) is 123 Å². The second kappa shape index (κ2) is 11.9. The average molecular weight is 601 g/mol. The summed E-state index contributed by atoms with van der Waals surface area (Å²) in [4.78, 5) is 27.9. The van der Waals surface area contributed by atoms with E-state index in [2.05, 4.69) is 22.5 Å². The minimum atomic E-state index is -0.308. The fourth-order valence-electron chi connectivity index (χ4n) is 4.51. The molecule has 0 saturated carbocycles. The highest BCUT2D eigenvalue weighted by Crippen LogP contribution is 2.38. The summed E-state index contributed by atoms with van der Waals surface area (Å²) in [6, 6.07) is 25.6. The number of imide groups is 1. The topological polar surface area (TPSA) is 55.8 Å². The van der Waals surface area contributed by atoms with Crippen LogP contribution >= 0.6 is 27.7 Å². The Kier molecular flexibility index (Phi) is 8.19. The van der Waals surface area contributed by atoms with Crippen LogP contribution in [0.15, 0.2) is 101 Å². The van der Waals surface area contributed by atoms with Crippen molar-refractivity contribution >= 4 is 55.7 Å². The Labute approximate surface area is 240 Å². The fourth-order valence-corrected chi connectivity index (χ4v) is 5.62. The molecule has 0 atom stereocenters. The fraction of sp³-hybridized carbons (Fsp3) is 0.125. The summed E-state index contributed by atoms with van der Waals surface area (Å²) in [5, 5.41) is 1.81. The van der Waals surface area contributed by atoms with E-state index < -0.39 is 0 Å². The molecular formula is C32H26BrNO4S. The van der Waals surface area contributed by atoms with E-state index in [1.807, 2.05) is 78.9 Å². The van der Waals surface area contributed by atoms with E-state index in [0.717, 1.165) is 49.3 Å². The summed E-state index contributed by atoms with van der Waals surface area (Å²) in [6.45, 7) is 4.47. The van der Waals surface area contributed by atoms with Crippen LogP contribution < -0.4 is 9.47 Å². The number of halogens is 1. The summed E-state index contributed by atoms with van der Waals surface area (Å²) in [5.41, 5.74) is 3.57. The van der Waals surface area contributed by atoms with Crippen molar-refractivity contribution in [2.24, 2.45) is 0 Å². The number of fused-ring (bicyclic) bond motifs is 1. The van der Waals surface area contributed by atoms with Gasteiger partial charge >= 0.3 is 0 Å². The molecule has 0 N–H and O–H groups in total. The smallest absolute Gasteiger partial charge is 0.293 e. The van der Waals surface area contributed by atoms with Crippen LogP contribution in [-0.2, 0) is 24.4 Å². The maximum absolute atomic E-state index is 13.3. The predicted molar refractivity (Wildman–Crippen MR) is 161 cm³/mol. The molecule has 0 spiro atoms. The molecule has 0 radical (unpaired) electrons. The highest BCUT2D eigenvalue weighted by Gasteiger charge is 2.35. The minimum Gasteiger partial charge on any atom is -0.493 e. The number of carbonyl (C=O) groups is 2. The van der Waals surface area contributed by atoms with E-state index in [1.54, 1.807) is 19.3 Å². The summed E-state index contributed by atoms with van der Waals surface area (Å²) in [6.07, 6.45) is 4.08. The van der Waals surface area contributed by atoms with Crippen LogP contribution in [0.1, 0.15) is 22.3 Å². The van der Waals surface area contributed by atoms with Crippen LogP contribution in [0.4, 0.5) is 4.79 Å². The molecular weight excluding hydrogens is 574 g/mol. The van der Waals surface area contributed by atoms with Gasteiger partial charge in [0.25, 0.3) is 11.1 Å². The molecule has 0 aliphatic carbocycles. The Bertz CT molecular complexity index is 1590. The van der Waals surface area contributed by atoms with Gasteiger partial charge in [-0.15, -0.1) is 6.58 Å². The molecule has 4 aromatic rings. The molecule has 1 fully saturated rings. The predicted octanol–water partition coefficient (Wildman–Crippen LogP) is 8.15. The third kappa shape index (κ3) is 5.95. The number of allylic oxidation sites excluding steroid dienone is 1. The average Bonchev–Trinajstić information content (AvgIpc) is 3.20. The molecule has 39 heavy (non-hydrogen) atoms. The highest BCUT2D eigenvalue weighted by molar-refractivity contribution is 9.10. The summed E-state index contributed by atoms with van der Waals surface area (Å²) < 4.78 is 12.8. The molecule has 7 heteroatoms. The van der Waals surface area contributed by atoms with Crippen molar-refractivity contribution in [1.82, 2.24) is 4.90 Å². The van der Waals surface area contributed by atoms with Crippen LogP contribution in [0.5, 0.6) is 11.5 Å². The van der Waals surface area contributed by atoms with Crippen molar-refractivity contribution in [3.8, 4) is 11.5 Å². The first-order valence-electron chi connectivity index (χ1n) is 12.4. The summed E-state index contributed by atoms with van der Waals surface area (Å²) in [5.74, 6) is 0.868. The summed E-state index contributed by atoms with van der Waals surface area (Å²) >= 11 is 4.40. The Morgan fingerprint density at radius 3 is 2.51 bits per heavy atom. The SMILES string of the molecule is C=CCc1cc(/C=C2\SC(=O)N(Cc3cccc4ccccc34)C2=O)cc(OC)c1OCc1ccc(Br)cc1. The zero-order valence-corrected chi connectivity index (χ0v) is 23.8. The molecule has 1 aliphatic heterocycles. The van der Waals surface area contributed by atoms with Gasteiger partial charge in [-0.25, -0.2) is 0 Å². The van der Waals surface area contributed by atoms with E-state index in [0.29, 0.717) is 29.4 Å². The molecule has 1 heterocycles. The largest absolute Gasteiger partial charge is 0.493 e. The third-order valence-electron chi connectivity index (χ3n) is 6.41. The lowest BCUT2D eigenvalue weighted by molar-refractivity contribution is -0.123. The molecule has 5 rings (SSSR count). The molecule has 0 unspecified atom stereocenters. The molecule has 4 aromatic carbocycles. The normalized spacial score (nSPS) is 14.3. The Morgan fingerprint density at radius 2 is 1.74 bits per heavy atom. The van der Waals surface area contributed by atoms with Gasteiger partial charge in [-0.1, -0.05) is 76.6 Å². The van der Waals surface area contributed by atoms with Gasteiger partial charge in [0.2, 0.25) is 0 Å². The van der Waals surface area contributed by atoms with Gasteiger partial charge in [0.1, 0.15) is 6.61 Å². The van der Waals surface area contributed by atoms with Crippen LogP contribution in [0.2, 0.25) is 0 Å². The van der Waals surface area contributed by atoms with Gasteiger partial charge in [-0.3, -0.25) is 14.5 Å². The number of ether oxygens (including phenoxy) is 2. The van der Waals surface area contributed by atoms with Crippen molar-refractivity contribution < 1.29 is 19.1 Å². The van der Waals surface area contributed by atoms with Gasteiger partial charge in [0.05, 0.1) is 18.6 Å². The van der Waals surface area contributed by atoms with E-state index in [1.165, 1.54) is 4.90 Å². The van der Waals surface area contributed by atoms with Crippen molar-refractivity contribution in [3.63, 3.8) is 0 Å². The van der Waals surface area contributed by atoms with Crippen molar-refractivity contribution in [2.75, 3.05) is 7.11 Å². The third-order valence-corrected chi connectivity index (χ3v) is 7.85. The second-order valence-corrected chi connectivity index (χ2v) is 10.9. The van der Waals surface area contributed by atoms with Gasteiger partial charge in [-0.2, -0.15) is 0 Å². The van der Waals surface area contributed by atoms with Crippen LogP contribution in [0.3, 0.4) is 0 Å². The number of methoxy groups -OCH3 is 1. The van der Waals surface area contributed by atoms with E-state index in [9.17, 15) is 9.59 Å². The maximum atomic E-state index is 13.3. The Balaban J connectivity index is 1.41. The van der Waals surface area contributed by atoms with Crippen LogP contribution in [-0.4, -0.2) is 23.2 Å². The number of amides is 2. The van der Waals surface area contributed by atoms with E-state index >= 15 is 0 Å². The first kappa shape index (κ1) is 26.8. The van der Waals surface area contributed by atoms with Crippen LogP contribution in [0, 0.1) is 0 Å². The molecule has 2 amide bonds. The molecule has 196 valence electrons. The number of nitrogens with zero attached hydrogens (tertiary/aromatic N) is 1. The molecule has 5 nitrogen and oxygen atoms in total. The van der Waals surface area contributed by atoms with Crippen molar-refractivity contribution in [1.29, 1.82) is 0 Å². The molecule has 1 aliphatic rings. The lowest BCUT2D eigenvalue weighted by Crippen LogP contribution is -2.27. The maximum Gasteiger partial charge on any atom is 0.293 e. The number of carbonyl (C=O) groups excluding carboxylic acids is 2. The van der Waals surface area contributed by atoms with E-state index in [-0.39, 0.29) is 17.7 Å². The lowest BCUT2D eigenvalue weighted by Gasteiger charge is -2.16. The first-order valence-corrected chi connectivity index (χ1v) is 14.0. The van der Waals surface area contributed by atoms with Gasteiger partial charge in [-0.05, 0) is 76.0 Å².